The third-order valence-corrected chi connectivity index (χ3v) is 5.56. The van der Waals surface area contributed by atoms with Crippen LogP contribution in [0.2, 0.25) is 10.0 Å². The number of hydrogen-bond donors (Lipinski definition) is 1. The summed E-state index contributed by atoms with van der Waals surface area (Å²) >= 11 is 11.6. The summed E-state index contributed by atoms with van der Waals surface area (Å²) in [5.74, 6) is 0.106. The van der Waals surface area contributed by atoms with Gasteiger partial charge in [-0.1, -0.05) is 29.6 Å². The third kappa shape index (κ3) is 3.58. The molecule has 1 N–H and O–H groups in total. The molecule has 1 aromatic rings. The molecule has 0 saturated heterocycles. The minimum absolute atomic E-state index is 0.0258. The first kappa shape index (κ1) is 15.9. The Hall–Kier alpha value is -0.490. The van der Waals surface area contributed by atoms with Gasteiger partial charge in [0.15, 0.2) is 0 Å². The normalized spacial score (nSPS) is 15.8. The average molecular weight is 357 g/mol. The fourth-order valence-corrected chi connectivity index (χ4v) is 3.67. The number of nitrogens with one attached hydrogen (secondary N) is 1. The summed E-state index contributed by atoms with van der Waals surface area (Å²) in [6, 6.07) is 2.46. The number of carbonyl (C=O) groups excluding carboxylic acids is 1. The Bertz CT molecular complexity index is 642. The van der Waals surface area contributed by atoms with E-state index in [0.29, 0.717) is 12.5 Å². The van der Waals surface area contributed by atoms with Crippen LogP contribution in [0.3, 0.4) is 0 Å². The fraction of sp³-hybridized carbons (Fsp3) is 0.417. The fourth-order valence-electron chi connectivity index (χ4n) is 1.91. The van der Waals surface area contributed by atoms with E-state index >= 15 is 0 Å². The van der Waals surface area contributed by atoms with Crippen molar-refractivity contribution in [1.29, 1.82) is 0 Å². The van der Waals surface area contributed by atoms with Crippen LogP contribution in [-0.2, 0) is 9.05 Å². The lowest BCUT2D eigenvalue weighted by atomic mass is 9.85. The van der Waals surface area contributed by atoms with Crippen LogP contribution in [0, 0.1) is 5.92 Å². The molecule has 20 heavy (non-hydrogen) atoms. The van der Waals surface area contributed by atoms with Crippen LogP contribution < -0.4 is 5.32 Å². The Balaban J connectivity index is 2.23. The van der Waals surface area contributed by atoms with Gasteiger partial charge in [-0.15, -0.1) is 0 Å². The predicted octanol–water partition coefficient (Wildman–Crippen LogP) is 3.45. The summed E-state index contributed by atoms with van der Waals surface area (Å²) in [4.78, 5) is 11.6. The molecule has 0 atom stereocenters. The largest absolute Gasteiger partial charge is 0.352 e. The van der Waals surface area contributed by atoms with E-state index < -0.39 is 15.0 Å². The molecule has 1 aliphatic carbocycles. The van der Waals surface area contributed by atoms with E-state index in [1.807, 2.05) is 0 Å². The van der Waals surface area contributed by atoms with Crippen molar-refractivity contribution in [2.24, 2.45) is 5.92 Å². The molecule has 1 amide bonds. The van der Waals surface area contributed by atoms with Gasteiger partial charge in [-0.05, 0) is 30.9 Å². The quantitative estimate of drug-likeness (QED) is 0.840. The van der Waals surface area contributed by atoms with Crippen molar-refractivity contribution in [2.75, 3.05) is 6.54 Å². The molecule has 0 aromatic heterocycles. The van der Waals surface area contributed by atoms with Gasteiger partial charge in [-0.25, -0.2) is 8.42 Å². The van der Waals surface area contributed by atoms with Gasteiger partial charge in [0.1, 0.15) is 4.90 Å². The number of benzene rings is 1. The lowest BCUT2D eigenvalue weighted by Crippen LogP contribution is -2.32. The second kappa shape index (κ2) is 6.10. The third-order valence-electron chi connectivity index (χ3n) is 3.30. The van der Waals surface area contributed by atoms with Gasteiger partial charge in [-0.2, -0.15) is 0 Å². The summed E-state index contributed by atoms with van der Waals surface area (Å²) in [7, 11) is 1.21. The smallest absolute Gasteiger partial charge is 0.262 e. The topological polar surface area (TPSA) is 63.2 Å². The average Bonchev–Trinajstić information content (AvgIpc) is 2.28. The molecule has 0 heterocycles. The van der Waals surface area contributed by atoms with Crippen LogP contribution >= 0.6 is 33.9 Å². The van der Waals surface area contributed by atoms with E-state index in [0.717, 1.165) is 18.9 Å². The Morgan fingerprint density at radius 1 is 1.30 bits per heavy atom. The summed E-state index contributed by atoms with van der Waals surface area (Å²) in [5, 5.41) is 2.54. The number of halogens is 3. The van der Waals surface area contributed by atoms with Crippen LogP contribution in [0.25, 0.3) is 0 Å². The molecule has 0 radical (unpaired) electrons. The molecule has 1 saturated carbocycles. The van der Waals surface area contributed by atoms with Crippen LogP contribution in [0.4, 0.5) is 0 Å². The summed E-state index contributed by atoms with van der Waals surface area (Å²) < 4.78 is 22.8. The van der Waals surface area contributed by atoms with Crippen molar-refractivity contribution in [3.8, 4) is 0 Å². The SMILES string of the molecule is O=C(NCC1CCC1)c1cc(Cl)c(Cl)c(S(=O)(=O)Cl)c1. The van der Waals surface area contributed by atoms with Crippen molar-refractivity contribution in [1.82, 2.24) is 5.32 Å². The van der Waals surface area contributed by atoms with Gasteiger partial charge in [0, 0.05) is 22.8 Å². The van der Waals surface area contributed by atoms with Gasteiger partial charge in [-0.3, -0.25) is 4.79 Å². The number of carbonyl (C=O) groups is 1. The molecule has 110 valence electrons. The first-order chi connectivity index (χ1) is 9.29. The van der Waals surface area contributed by atoms with Gasteiger partial charge in [0.25, 0.3) is 15.0 Å². The maximum atomic E-state index is 12.0. The molecule has 0 spiro atoms. The van der Waals surface area contributed by atoms with E-state index in [2.05, 4.69) is 5.32 Å². The highest BCUT2D eigenvalue weighted by Crippen LogP contribution is 2.33. The Kier molecular flexibility index (Phi) is 4.84. The molecule has 0 unspecified atom stereocenters. The summed E-state index contributed by atoms with van der Waals surface area (Å²) in [6.45, 7) is 0.571. The van der Waals surface area contributed by atoms with Crippen LogP contribution in [0.15, 0.2) is 17.0 Å². The highest BCUT2D eigenvalue weighted by Gasteiger charge is 2.22. The van der Waals surface area contributed by atoms with Crippen LogP contribution in [0.5, 0.6) is 0 Å². The molecule has 1 aliphatic rings. The number of hydrogen-bond acceptors (Lipinski definition) is 3. The van der Waals surface area contributed by atoms with Crippen molar-refractivity contribution in [3.05, 3.63) is 27.7 Å². The second-order valence-corrected chi connectivity index (χ2v) is 8.03. The van der Waals surface area contributed by atoms with Crippen LogP contribution in [-0.4, -0.2) is 20.9 Å². The molecular weight excluding hydrogens is 345 g/mol. The van der Waals surface area contributed by atoms with E-state index in [1.54, 1.807) is 0 Å². The van der Waals surface area contributed by atoms with Gasteiger partial charge in [0.05, 0.1) is 10.0 Å². The van der Waals surface area contributed by atoms with Gasteiger partial charge >= 0.3 is 0 Å². The van der Waals surface area contributed by atoms with E-state index in [9.17, 15) is 13.2 Å². The standard InChI is InChI=1S/C12H12Cl3NO3S/c13-9-4-8(5-10(11(9)14)20(15,18)19)12(17)16-6-7-2-1-3-7/h4-5,7H,1-3,6H2,(H,16,17). The van der Waals surface area contributed by atoms with Crippen molar-refractivity contribution in [3.63, 3.8) is 0 Å². The minimum atomic E-state index is -4.06. The Morgan fingerprint density at radius 2 is 1.95 bits per heavy atom. The molecule has 8 heteroatoms. The van der Waals surface area contributed by atoms with Crippen LogP contribution in [0.1, 0.15) is 29.6 Å². The van der Waals surface area contributed by atoms with E-state index in [1.165, 1.54) is 12.5 Å². The highest BCUT2D eigenvalue weighted by molar-refractivity contribution is 8.13. The van der Waals surface area contributed by atoms with Gasteiger partial charge in [0.2, 0.25) is 0 Å². The Morgan fingerprint density at radius 3 is 2.45 bits per heavy atom. The zero-order valence-corrected chi connectivity index (χ0v) is 13.4. The molecule has 2 rings (SSSR count). The summed E-state index contributed by atoms with van der Waals surface area (Å²) in [6.07, 6.45) is 3.38. The minimum Gasteiger partial charge on any atom is -0.352 e. The predicted molar refractivity (Wildman–Crippen MR) is 79.2 cm³/mol. The molecule has 0 aliphatic heterocycles. The summed E-state index contributed by atoms with van der Waals surface area (Å²) in [5.41, 5.74) is 0.123. The first-order valence-electron chi connectivity index (χ1n) is 6.01. The van der Waals surface area contributed by atoms with E-state index in [-0.39, 0.29) is 20.5 Å². The number of amides is 1. The number of rotatable bonds is 4. The zero-order valence-electron chi connectivity index (χ0n) is 10.3. The van der Waals surface area contributed by atoms with Crippen molar-refractivity contribution in [2.45, 2.75) is 24.2 Å². The highest BCUT2D eigenvalue weighted by atomic mass is 35.7. The maximum absolute atomic E-state index is 12.0. The first-order valence-corrected chi connectivity index (χ1v) is 9.07. The molecule has 0 bridgehead atoms. The molecule has 1 fully saturated rings. The molecular formula is C12H12Cl3NO3S. The lowest BCUT2D eigenvalue weighted by molar-refractivity contribution is 0.0939. The molecule has 1 aromatic carbocycles. The Labute approximate surface area is 131 Å². The molecule has 4 nitrogen and oxygen atoms in total. The van der Waals surface area contributed by atoms with Gasteiger partial charge < -0.3 is 5.32 Å². The zero-order chi connectivity index (χ0) is 14.9. The maximum Gasteiger partial charge on any atom is 0.262 e. The monoisotopic (exact) mass is 355 g/mol. The lowest BCUT2D eigenvalue weighted by Gasteiger charge is -2.25. The van der Waals surface area contributed by atoms with Crippen molar-refractivity contribution < 1.29 is 13.2 Å². The van der Waals surface area contributed by atoms with Crippen molar-refractivity contribution >= 4 is 48.8 Å². The van der Waals surface area contributed by atoms with E-state index in [4.69, 9.17) is 33.9 Å². The second-order valence-electron chi connectivity index (χ2n) is 4.71.